The van der Waals surface area contributed by atoms with Gasteiger partial charge in [0.2, 0.25) is 0 Å². The molecule has 18 heavy (non-hydrogen) atoms. The van der Waals surface area contributed by atoms with Crippen molar-refractivity contribution in [2.75, 3.05) is 0 Å². The van der Waals surface area contributed by atoms with E-state index in [0.717, 1.165) is 10.6 Å². The summed E-state index contributed by atoms with van der Waals surface area (Å²) in [6, 6.07) is 6.24. The molecule has 1 aromatic heterocycles. The van der Waals surface area contributed by atoms with Crippen LogP contribution in [0.3, 0.4) is 0 Å². The minimum absolute atomic E-state index is 0.113. The molecule has 3 nitrogen and oxygen atoms in total. The summed E-state index contributed by atoms with van der Waals surface area (Å²) in [7, 11) is 0. The van der Waals surface area contributed by atoms with Crippen molar-refractivity contribution >= 4 is 34.4 Å². The van der Waals surface area contributed by atoms with E-state index in [1.165, 1.54) is 23.9 Å². The molecule has 0 aliphatic rings. The molecule has 1 N–H and O–H groups in total. The maximum atomic E-state index is 12.7. The summed E-state index contributed by atoms with van der Waals surface area (Å²) in [6.07, 6.45) is 0. The van der Waals surface area contributed by atoms with E-state index in [0.29, 0.717) is 15.1 Å². The Bertz CT molecular complexity index is 612. The van der Waals surface area contributed by atoms with E-state index in [1.807, 2.05) is 29.5 Å². The molecule has 0 fully saturated rings. The van der Waals surface area contributed by atoms with Gasteiger partial charge in [0.15, 0.2) is 0 Å². The normalized spacial score (nSPS) is 10.6. The fourth-order valence-electron chi connectivity index (χ4n) is 1.38. The molecule has 1 heterocycles. The topological polar surface area (TPSA) is 45.8 Å². The third kappa shape index (κ3) is 3.32. The van der Waals surface area contributed by atoms with E-state index < -0.39 is 0 Å². The zero-order chi connectivity index (χ0) is 13.1. The molecule has 0 spiro atoms. The Hall–Kier alpha value is -0.890. The van der Waals surface area contributed by atoms with Crippen LogP contribution in [0.25, 0.3) is 0 Å². The number of aryl methyl sites for hydroxylation is 1. The van der Waals surface area contributed by atoms with Crippen LogP contribution in [0.5, 0.6) is 0 Å². The van der Waals surface area contributed by atoms with Gasteiger partial charge >= 0.3 is 0 Å². The van der Waals surface area contributed by atoms with Crippen molar-refractivity contribution in [3.63, 3.8) is 0 Å². The largest absolute Gasteiger partial charge is 0.309 e. The van der Waals surface area contributed by atoms with Crippen LogP contribution >= 0.6 is 34.4 Å². The zero-order valence-corrected chi connectivity index (χ0v) is 12.5. The van der Waals surface area contributed by atoms with Crippen LogP contribution in [0.1, 0.15) is 11.5 Å². The summed E-state index contributed by atoms with van der Waals surface area (Å²) in [5.41, 5.74) is 0.617. The number of halogens is 2. The predicted octanol–water partition coefficient (Wildman–Crippen LogP) is 3.11. The minimum Gasteiger partial charge on any atom is -0.309 e. The Kier molecular flexibility index (Phi) is 4.39. The maximum Gasteiger partial charge on any atom is 0.264 e. The number of nitrogens with one attached hydrogen (secondary N) is 1. The first-order chi connectivity index (χ1) is 8.56. The molecule has 2 aromatic rings. The summed E-state index contributed by atoms with van der Waals surface area (Å²) in [5.74, 6) is 0.932. The lowest BCUT2D eigenvalue weighted by Gasteiger charge is -2.03. The van der Waals surface area contributed by atoms with Crippen molar-refractivity contribution in [3.05, 3.63) is 55.5 Å². The Morgan fingerprint density at radius 3 is 2.67 bits per heavy atom. The molecule has 2 rings (SSSR count). The Morgan fingerprint density at radius 1 is 1.39 bits per heavy atom. The highest BCUT2D eigenvalue weighted by molar-refractivity contribution is 14.1. The number of H-pyrrole nitrogens is 1. The van der Waals surface area contributed by atoms with E-state index in [2.05, 4.69) is 9.97 Å². The number of hydrogen-bond acceptors (Lipinski definition) is 3. The van der Waals surface area contributed by atoms with E-state index in [4.69, 9.17) is 0 Å². The molecule has 0 radical (unpaired) electrons. The van der Waals surface area contributed by atoms with Crippen LogP contribution in [0.2, 0.25) is 0 Å². The van der Waals surface area contributed by atoms with Gasteiger partial charge in [-0.05, 0) is 53.8 Å². The summed E-state index contributed by atoms with van der Waals surface area (Å²) < 4.78 is 13.3. The Labute approximate surface area is 121 Å². The third-order valence-corrected chi connectivity index (χ3v) is 4.56. The van der Waals surface area contributed by atoms with Crippen LogP contribution in [0.15, 0.2) is 34.0 Å². The summed E-state index contributed by atoms with van der Waals surface area (Å²) in [5, 5.41) is 0. The van der Waals surface area contributed by atoms with Crippen molar-refractivity contribution in [1.82, 2.24) is 9.97 Å². The Balaban J connectivity index is 2.11. The van der Waals surface area contributed by atoms with E-state index >= 15 is 0 Å². The van der Waals surface area contributed by atoms with Crippen molar-refractivity contribution in [3.8, 4) is 0 Å². The number of rotatable bonds is 3. The van der Waals surface area contributed by atoms with Gasteiger partial charge in [-0.3, -0.25) is 4.79 Å². The first kappa shape index (κ1) is 13.5. The minimum atomic E-state index is -0.254. The summed E-state index contributed by atoms with van der Waals surface area (Å²) in [6.45, 7) is 1.81. The highest BCUT2D eigenvalue weighted by Crippen LogP contribution is 2.21. The number of aromatic amines is 1. The first-order valence-electron chi connectivity index (χ1n) is 5.20. The van der Waals surface area contributed by atoms with E-state index in [9.17, 15) is 9.18 Å². The summed E-state index contributed by atoms with van der Waals surface area (Å²) in [4.78, 5) is 19.5. The molecule has 0 saturated heterocycles. The molecule has 0 bridgehead atoms. The molecule has 0 saturated carbocycles. The van der Waals surface area contributed by atoms with Crippen molar-refractivity contribution in [2.45, 2.75) is 17.6 Å². The lowest BCUT2D eigenvalue weighted by molar-refractivity contribution is 0.626. The fraction of sp³-hybridized carbons (Fsp3) is 0.167. The second kappa shape index (κ2) is 5.83. The molecule has 94 valence electrons. The first-order valence-corrected chi connectivity index (χ1v) is 7.26. The van der Waals surface area contributed by atoms with Crippen LogP contribution in [0, 0.1) is 16.3 Å². The number of nitrogens with zero attached hydrogens (tertiary/aromatic N) is 1. The summed E-state index contributed by atoms with van der Waals surface area (Å²) >= 11 is 3.48. The molecule has 0 amide bonds. The lowest BCUT2D eigenvalue weighted by Crippen LogP contribution is -2.16. The van der Waals surface area contributed by atoms with Gasteiger partial charge in [-0.15, -0.1) is 11.8 Å². The smallest absolute Gasteiger partial charge is 0.264 e. The Morgan fingerprint density at radius 2 is 2.06 bits per heavy atom. The van der Waals surface area contributed by atoms with Crippen molar-refractivity contribution < 1.29 is 4.39 Å². The molecular formula is C12H10FIN2OS. The quantitative estimate of drug-likeness (QED) is 0.662. The molecule has 0 unspecified atom stereocenters. The number of benzene rings is 1. The van der Waals surface area contributed by atoms with Gasteiger partial charge in [-0.25, -0.2) is 9.37 Å². The standard InChI is InChI=1S/C12H10FIN2OS/c1-7-11(14)12(17)16-10(15-7)6-18-9-4-2-8(13)3-5-9/h2-5H,6H2,1H3,(H,15,16,17). The van der Waals surface area contributed by atoms with Crippen molar-refractivity contribution in [2.24, 2.45) is 0 Å². The second-order valence-electron chi connectivity index (χ2n) is 3.65. The highest BCUT2D eigenvalue weighted by Gasteiger charge is 2.05. The van der Waals surface area contributed by atoms with E-state index in [1.54, 1.807) is 12.1 Å². The van der Waals surface area contributed by atoms with Gasteiger partial charge in [-0.1, -0.05) is 0 Å². The van der Waals surface area contributed by atoms with Crippen LogP contribution < -0.4 is 5.56 Å². The zero-order valence-electron chi connectivity index (χ0n) is 9.54. The third-order valence-electron chi connectivity index (χ3n) is 2.27. The van der Waals surface area contributed by atoms with Gasteiger partial charge < -0.3 is 4.98 Å². The average molecular weight is 376 g/mol. The second-order valence-corrected chi connectivity index (χ2v) is 5.78. The predicted molar refractivity (Wildman–Crippen MR) is 78.3 cm³/mol. The van der Waals surface area contributed by atoms with Crippen LogP contribution in [0.4, 0.5) is 4.39 Å². The van der Waals surface area contributed by atoms with Crippen LogP contribution in [-0.2, 0) is 5.75 Å². The molecule has 0 aliphatic carbocycles. The van der Waals surface area contributed by atoms with Gasteiger partial charge in [0.1, 0.15) is 11.6 Å². The molecule has 6 heteroatoms. The van der Waals surface area contributed by atoms with Crippen LogP contribution in [-0.4, -0.2) is 9.97 Å². The number of aromatic nitrogens is 2. The SMILES string of the molecule is Cc1nc(CSc2ccc(F)cc2)[nH]c(=O)c1I. The molecule has 1 aromatic carbocycles. The van der Waals surface area contributed by atoms with Gasteiger partial charge in [0.25, 0.3) is 5.56 Å². The monoisotopic (exact) mass is 376 g/mol. The number of hydrogen-bond donors (Lipinski definition) is 1. The highest BCUT2D eigenvalue weighted by atomic mass is 127. The lowest BCUT2D eigenvalue weighted by atomic mass is 10.4. The van der Waals surface area contributed by atoms with Crippen molar-refractivity contribution in [1.29, 1.82) is 0 Å². The van der Waals surface area contributed by atoms with Gasteiger partial charge in [0, 0.05) is 4.90 Å². The molecule has 0 aliphatic heterocycles. The molecule has 0 atom stereocenters. The van der Waals surface area contributed by atoms with Gasteiger partial charge in [0.05, 0.1) is 15.0 Å². The average Bonchev–Trinajstić information content (AvgIpc) is 2.35. The van der Waals surface area contributed by atoms with E-state index in [-0.39, 0.29) is 11.4 Å². The fourth-order valence-corrected chi connectivity index (χ4v) is 2.40. The van der Waals surface area contributed by atoms with Gasteiger partial charge in [-0.2, -0.15) is 0 Å². The maximum absolute atomic E-state index is 12.7. The molecular weight excluding hydrogens is 366 g/mol. The number of thioether (sulfide) groups is 1.